The minimum Gasteiger partial charge on any atom is -0.306 e. The summed E-state index contributed by atoms with van der Waals surface area (Å²) in [5.74, 6) is 0.168. The van der Waals surface area contributed by atoms with Crippen molar-refractivity contribution in [2.45, 2.75) is 24.3 Å². The van der Waals surface area contributed by atoms with Gasteiger partial charge in [0.05, 0.1) is 11.8 Å². The van der Waals surface area contributed by atoms with Crippen LogP contribution in [-0.4, -0.2) is 38.8 Å². The maximum absolute atomic E-state index is 13.0. The smallest absolute Gasteiger partial charge is 0.179 e. The van der Waals surface area contributed by atoms with Crippen LogP contribution in [0.3, 0.4) is 0 Å². The Morgan fingerprint density at radius 1 is 1.00 bits per heavy atom. The maximum Gasteiger partial charge on any atom is 0.179 e. The van der Waals surface area contributed by atoms with Gasteiger partial charge in [0.2, 0.25) is 0 Å². The van der Waals surface area contributed by atoms with Crippen molar-refractivity contribution in [2.24, 2.45) is 0 Å². The number of ketones is 1. The van der Waals surface area contributed by atoms with Crippen LogP contribution in [0.15, 0.2) is 72.8 Å². The molecule has 0 spiro atoms. The number of carbonyl (C=O) groups is 1. The normalized spacial score (nSPS) is 22.0. The first-order chi connectivity index (χ1) is 13.9. The minimum atomic E-state index is -3.10. The molecule has 3 aromatic rings. The molecule has 150 valence electrons. The largest absolute Gasteiger partial charge is 0.306 e. The molecule has 29 heavy (non-hydrogen) atoms. The van der Waals surface area contributed by atoms with E-state index in [2.05, 4.69) is 35.6 Å². The van der Waals surface area contributed by atoms with E-state index in [1.54, 1.807) is 0 Å². The number of Topliss-reactive ketones (excluding diaryl/α,β-unsaturated/α-hetero) is 1. The van der Waals surface area contributed by atoms with Crippen LogP contribution in [0.4, 0.5) is 0 Å². The van der Waals surface area contributed by atoms with Crippen molar-refractivity contribution in [3.05, 3.63) is 83.9 Å². The van der Waals surface area contributed by atoms with Crippen molar-refractivity contribution < 1.29 is 13.2 Å². The highest BCUT2D eigenvalue weighted by atomic mass is 32.2. The van der Waals surface area contributed by atoms with Gasteiger partial charge in [-0.2, -0.15) is 0 Å². The zero-order valence-corrected chi connectivity index (χ0v) is 17.3. The number of hydrogen-bond donors (Lipinski definition) is 1. The Labute approximate surface area is 171 Å². The van der Waals surface area contributed by atoms with Gasteiger partial charge in [-0.15, -0.1) is 0 Å². The lowest BCUT2D eigenvalue weighted by Gasteiger charge is -2.29. The van der Waals surface area contributed by atoms with Gasteiger partial charge < -0.3 is 5.32 Å². The molecule has 0 amide bonds. The average Bonchev–Trinajstić information content (AvgIpc) is 3.17. The zero-order valence-electron chi connectivity index (χ0n) is 16.5. The molecule has 1 heterocycles. The van der Waals surface area contributed by atoms with E-state index < -0.39 is 9.84 Å². The topological polar surface area (TPSA) is 63.2 Å². The second kappa shape index (κ2) is 7.73. The predicted molar refractivity (Wildman–Crippen MR) is 117 cm³/mol. The third-order valence-electron chi connectivity index (χ3n) is 5.97. The molecular weight excluding hydrogens is 382 g/mol. The molecule has 4 rings (SSSR count). The van der Waals surface area contributed by atoms with E-state index >= 15 is 0 Å². The van der Waals surface area contributed by atoms with Crippen LogP contribution in [0.25, 0.3) is 10.8 Å². The number of benzene rings is 3. The van der Waals surface area contributed by atoms with Gasteiger partial charge in [0.25, 0.3) is 0 Å². The molecular formula is C24H25NO3S. The van der Waals surface area contributed by atoms with E-state index in [9.17, 15) is 13.2 Å². The van der Waals surface area contributed by atoms with Crippen molar-refractivity contribution in [3.63, 3.8) is 0 Å². The van der Waals surface area contributed by atoms with E-state index in [0.717, 1.165) is 16.3 Å². The summed E-state index contributed by atoms with van der Waals surface area (Å²) in [6.45, 7) is 0.587. The van der Waals surface area contributed by atoms with Gasteiger partial charge in [-0.3, -0.25) is 4.79 Å². The van der Waals surface area contributed by atoms with Crippen molar-refractivity contribution in [3.8, 4) is 0 Å². The highest BCUT2D eigenvalue weighted by Gasteiger charge is 2.43. The summed E-state index contributed by atoms with van der Waals surface area (Å²) < 4.78 is 23.8. The lowest BCUT2D eigenvalue weighted by Crippen LogP contribution is -2.31. The van der Waals surface area contributed by atoms with Crippen molar-refractivity contribution in [1.82, 2.24) is 5.32 Å². The number of sulfone groups is 1. The molecule has 4 nitrogen and oxygen atoms in total. The molecule has 1 aliphatic rings. The third-order valence-corrected chi connectivity index (χ3v) is 6.92. The number of nitrogens with one attached hydrogen (secondary N) is 1. The van der Waals surface area contributed by atoms with Crippen molar-refractivity contribution in [2.75, 3.05) is 18.6 Å². The molecule has 1 aliphatic heterocycles. The first kappa shape index (κ1) is 19.8. The van der Waals surface area contributed by atoms with Gasteiger partial charge in [0, 0.05) is 23.8 Å². The quantitative estimate of drug-likeness (QED) is 0.632. The highest BCUT2D eigenvalue weighted by molar-refractivity contribution is 7.90. The molecule has 0 bridgehead atoms. The summed E-state index contributed by atoms with van der Waals surface area (Å²) in [5.41, 5.74) is 1.39. The van der Waals surface area contributed by atoms with Crippen LogP contribution in [0.1, 0.15) is 28.8 Å². The Hall–Kier alpha value is -2.50. The van der Waals surface area contributed by atoms with Crippen LogP contribution >= 0.6 is 0 Å². The molecule has 1 N–H and O–H groups in total. The Bertz CT molecular complexity index is 1140. The fourth-order valence-corrected chi connectivity index (χ4v) is 5.06. The highest BCUT2D eigenvalue weighted by Crippen LogP contribution is 2.39. The van der Waals surface area contributed by atoms with Crippen LogP contribution in [-0.2, 0) is 15.3 Å². The van der Waals surface area contributed by atoms with E-state index in [0.29, 0.717) is 24.9 Å². The standard InChI is InChI=1S/C24H25NO3S/c1-29(27,28)14-13-24(21-12-11-18-7-5-6-10-20(18)15-21)16-22(25-17-24)23(26)19-8-3-2-4-9-19/h2-12,15,22,25H,13-14,16-17H2,1H3. The molecule has 1 fully saturated rings. The Morgan fingerprint density at radius 2 is 1.69 bits per heavy atom. The van der Waals surface area contributed by atoms with Crippen LogP contribution in [0.5, 0.6) is 0 Å². The van der Waals surface area contributed by atoms with E-state index in [-0.39, 0.29) is 23.0 Å². The number of rotatable bonds is 6. The summed E-state index contributed by atoms with van der Waals surface area (Å²) in [5, 5.41) is 5.66. The molecule has 3 aromatic carbocycles. The number of carbonyl (C=O) groups excluding carboxylic acids is 1. The van der Waals surface area contributed by atoms with Crippen LogP contribution < -0.4 is 5.32 Å². The van der Waals surface area contributed by atoms with Gasteiger partial charge >= 0.3 is 0 Å². The third kappa shape index (κ3) is 4.26. The average molecular weight is 408 g/mol. The molecule has 0 saturated carbocycles. The van der Waals surface area contributed by atoms with E-state index in [1.165, 1.54) is 6.26 Å². The van der Waals surface area contributed by atoms with Crippen molar-refractivity contribution >= 4 is 26.4 Å². The van der Waals surface area contributed by atoms with Gasteiger partial charge in [0.1, 0.15) is 9.84 Å². The minimum absolute atomic E-state index is 0.0626. The molecule has 0 aliphatic carbocycles. The van der Waals surface area contributed by atoms with E-state index in [4.69, 9.17) is 0 Å². The molecule has 0 radical (unpaired) electrons. The number of hydrogen-bond acceptors (Lipinski definition) is 4. The second-order valence-corrected chi connectivity index (χ2v) is 10.3. The van der Waals surface area contributed by atoms with Gasteiger partial charge in [-0.25, -0.2) is 8.42 Å². The van der Waals surface area contributed by atoms with E-state index in [1.807, 2.05) is 42.5 Å². The van der Waals surface area contributed by atoms with Gasteiger partial charge in [-0.05, 0) is 29.2 Å². The maximum atomic E-state index is 13.0. The Kier molecular flexibility index (Phi) is 5.28. The van der Waals surface area contributed by atoms with Crippen molar-refractivity contribution in [1.29, 1.82) is 0 Å². The monoisotopic (exact) mass is 407 g/mol. The lowest BCUT2D eigenvalue weighted by molar-refractivity contribution is 0.0949. The molecule has 2 unspecified atom stereocenters. The lowest BCUT2D eigenvalue weighted by atomic mass is 9.75. The Balaban J connectivity index is 1.69. The molecule has 0 aromatic heterocycles. The summed E-state index contributed by atoms with van der Waals surface area (Å²) >= 11 is 0. The molecule has 2 atom stereocenters. The molecule has 1 saturated heterocycles. The Morgan fingerprint density at radius 3 is 2.41 bits per heavy atom. The first-order valence-corrected chi connectivity index (χ1v) is 11.9. The zero-order chi connectivity index (χ0) is 20.5. The van der Waals surface area contributed by atoms with Gasteiger partial charge in [-0.1, -0.05) is 72.8 Å². The first-order valence-electron chi connectivity index (χ1n) is 9.86. The predicted octanol–water partition coefficient (Wildman–Crippen LogP) is 3.76. The molecule has 5 heteroatoms. The summed E-state index contributed by atoms with van der Waals surface area (Å²) in [6.07, 6.45) is 2.36. The second-order valence-electron chi connectivity index (χ2n) is 8.09. The fraction of sp³-hybridized carbons (Fsp3) is 0.292. The summed E-state index contributed by atoms with van der Waals surface area (Å²) in [6, 6.07) is 23.4. The van der Waals surface area contributed by atoms with Crippen LogP contribution in [0, 0.1) is 0 Å². The van der Waals surface area contributed by atoms with Gasteiger partial charge in [0.15, 0.2) is 5.78 Å². The van der Waals surface area contributed by atoms with Crippen LogP contribution in [0.2, 0.25) is 0 Å². The number of fused-ring (bicyclic) bond motifs is 1. The fourth-order valence-electron chi connectivity index (χ4n) is 4.30. The SMILES string of the molecule is CS(=O)(=O)CCC1(c2ccc3ccccc3c2)CNC(C(=O)c2ccccc2)C1. The summed E-state index contributed by atoms with van der Waals surface area (Å²) in [7, 11) is -3.10. The summed E-state index contributed by atoms with van der Waals surface area (Å²) in [4.78, 5) is 13.0.